The van der Waals surface area contributed by atoms with Crippen LogP contribution in [0.25, 0.3) is 66.1 Å². The van der Waals surface area contributed by atoms with Crippen LogP contribution in [0.2, 0.25) is 0 Å². The molecule has 112 heavy (non-hydrogen) atoms. The second-order valence-corrected chi connectivity index (χ2v) is 31.6. The Balaban J connectivity index is 0.800. The van der Waals surface area contributed by atoms with Gasteiger partial charge in [0.15, 0.2) is 0 Å². The average Bonchev–Trinajstić information content (AvgIpc) is 0.690. The molecule has 4 aliphatic heterocycles. The van der Waals surface area contributed by atoms with E-state index in [1.54, 1.807) is 0 Å². The van der Waals surface area contributed by atoms with Crippen molar-refractivity contribution >= 4 is 177 Å². The van der Waals surface area contributed by atoms with E-state index in [-0.39, 0.29) is 28.4 Å². The number of benzene rings is 18. The quantitative estimate of drug-likeness (QED) is 0.0842. The summed E-state index contributed by atoms with van der Waals surface area (Å²) in [6.45, 7) is -0.281. The normalized spacial score (nSPS) is 12.7. The number of hydrogen-bond donors (Lipinski definition) is 0. The molecular formula is C104H69B2N5Se. The molecule has 4 aliphatic rings. The molecule has 0 amide bonds. The van der Waals surface area contributed by atoms with Crippen LogP contribution in [-0.2, 0) is 0 Å². The summed E-state index contributed by atoms with van der Waals surface area (Å²) in [7, 11) is 0. The Labute approximate surface area is 659 Å². The molecule has 0 aromatic heterocycles. The SMILES string of the molecule is c1ccc(-c2ccccc2N(c2cc3c4c(c2)N(c2ccc(-c5c6ccccc6c(-c6ccccc6)c6ccccc56)cc2)c2ccccc2B4c2cc4c(cc2[Se]3)N(c2ccccc2)c2cc(N(c3ccccc3)c3ccccc3)cc3c2B4c2ccccc2N3c2ccccc2)c2ccccc2-c2ccccc2)cc1. The van der Waals surface area contributed by atoms with Crippen LogP contribution in [0.3, 0.4) is 0 Å². The van der Waals surface area contributed by atoms with Gasteiger partial charge in [-0.15, -0.1) is 0 Å². The van der Waals surface area contributed by atoms with Crippen LogP contribution >= 0.6 is 0 Å². The molecule has 522 valence electrons. The number of fused-ring (bicyclic) bond motifs is 10. The van der Waals surface area contributed by atoms with Crippen LogP contribution in [0.5, 0.6) is 0 Å². The Morgan fingerprint density at radius 2 is 0.571 bits per heavy atom. The number of anilines is 15. The van der Waals surface area contributed by atoms with E-state index in [4.69, 9.17) is 0 Å². The van der Waals surface area contributed by atoms with E-state index >= 15 is 0 Å². The first kappa shape index (κ1) is 65.2. The first-order valence-corrected chi connectivity index (χ1v) is 40.3. The van der Waals surface area contributed by atoms with Crippen molar-refractivity contribution in [3.8, 4) is 44.5 Å². The van der Waals surface area contributed by atoms with Gasteiger partial charge in [0.2, 0.25) is 0 Å². The first-order valence-electron chi connectivity index (χ1n) is 38.6. The van der Waals surface area contributed by atoms with Gasteiger partial charge < -0.3 is 0 Å². The fourth-order valence-corrected chi connectivity index (χ4v) is 21.1. The van der Waals surface area contributed by atoms with Crippen molar-refractivity contribution in [3.05, 3.63) is 419 Å². The van der Waals surface area contributed by atoms with Gasteiger partial charge in [-0.05, 0) is 5.56 Å². The van der Waals surface area contributed by atoms with Crippen LogP contribution in [0.4, 0.5) is 85.3 Å². The van der Waals surface area contributed by atoms with E-state index in [0.717, 1.165) is 90.5 Å². The first-order chi connectivity index (χ1) is 55.6. The summed E-state index contributed by atoms with van der Waals surface area (Å²) >= 11 is -0.248. The molecule has 0 bridgehead atoms. The van der Waals surface area contributed by atoms with Crippen LogP contribution in [0.1, 0.15) is 0 Å². The monoisotopic (exact) mass is 1490 g/mol. The van der Waals surface area contributed by atoms with Gasteiger partial charge in [-0.3, -0.25) is 0 Å². The van der Waals surface area contributed by atoms with Gasteiger partial charge in [-0.2, -0.15) is 0 Å². The Hall–Kier alpha value is -13.9. The fraction of sp³-hybridized carbons (Fsp3) is 0. The minimum absolute atomic E-state index is 0.136. The zero-order chi connectivity index (χ0) is 73.7. The molecule has 0 unspecified atom stereocenters. The second kappa shape index (κ2) is 27.1. The molecule has 22 rings (SSSR count). The minimum atomic E-state index is -0.248. The predicted molar refractivity (Wildman–Crippen MR) is 477 cm³/mol. The summed E-state index contributed by atoms with van der Waals surface area (Å²) < 4.78 is 2.71. The molecule has 0 N–H and O–H groups in total. The zero-order valence-electron chi connectivity index (χ0n) is 61.1. The van der Waals surface area contributed by atoms with Gasteiger partial charge in [0.25, 0.3) is 0 Å². The summed E-state index contributed by atoms with van der Waals surface area (Å²) in [6.07, 6.45) is 0. The molecule has 0 saturated carbocycles. The molecular weight excluding hydrogens is 1420 g/mol. The van der Waals surface area contributed by atoms with Gasteiger partial charge in [0.1, 0.15) is 0 Å². The van der Waals surface area contributed by atoms with Gasteiger partial charge in [0, 0.05) is 0 Å². The molecule has 4 heterocycles. The van der Waals surface area contributed by atoms with Gasteiger partial charge in [-0.1, -0.05) is 42.5 Å². The Morgan fingerprint density at radius 1 is 0.214 bits per heavy atom. The van der Waals surface area contributed by atoms with Gasteiger partial charge >= 0.3 is 616 Å². The van der Waals surface area contributed by atoms with Crippen LogP contribution in [0.15, 0.2) is 419 Å². The number of hydrogen-bond acceptors (Lipinski definition) is 5. The summed E-state index contributed by atoms with van der Waals surface area (Å²) in [5.74, 6) is 0. The molecule has 18 aromatic carbocycles. The van der Waals surface area contributed by atoms with Crippen molar-refractivity contribution in [1.82, 2.24) is 0 Å². The standard InChI is InChI=1S/C104H69B2N5Se/c1-8-34-70(35-9-1)81-48-26-30-56-91(81)111(92-57-31-27-49-82(92)71-36-10-2-11-37-71)80-66-98-104-100(67-80)112-99-69-95-89(68-90(99)106(104)88-55-29-33-59-94(88)109(98)78-62-60-73(61-63-78)102-85-52-24-22-50-83(85)101(72-38-12-3-13-39-72)84-51-23-25-53-86(84)102)105-87-54-28-32-58-93(87)108(76-44-18-6-19-45-76)96-64-79(65-97(103(96)105)110(95)77-46-20-7-21-47-77)107(74-40-14-4-15-41-74)75-42-16-5-17-43-75/h1-69H. The molecule has 8 heteroatoms. The molecule has 5 nitrogen and oxygen atoms in total. The number of rotatable bonds is 13. The molecule has 0 saturated heterocycles. The van der Waals surface area contributed by atoms with Crippen molar-refractivity contribution in [2.75, 3.05) is 24.5 Å². The van der Waals surface area contributed by atoms with Crippen LogP contribution in [-0.4, -0.2) is 28.4 Å². The van der Waals surface area contributed by atoms with Crippen molar-refractivity contribution in [2.24, 2.45) is 0 Å². The molecule has 18 aromatic rings. The maximum atomic E-state index is 2.69. The van der Waals surface area contributed by atoms with Crippen molar-refractivity contribution in [3.63, 3.8) is 0 Å². The number of nitrogens with zero attached hydrogens (tertiary/aromatic N) is 5. The third kappa shape index (κ3) is 10.6. The van der Waals surface area contributed by atoms with E-state index in [9.17, 15) is 0 Å². The van der Waals surface area contributed by atoms with Crippen LogP contribution in [0, 0.1) is 0 Å². The maximum absolute atomic E-state index is 2.69. The Morgan fingerprint density at radius 3 is 1.05 bits per heavy atom. The van der Waals surface area contributed by atoms with Crippen molar-refractivity contribution in [2.45, 2.75) is 0 Å². The Kier molecular flexibility index (Phi) is 15.8. The summed E-state index contributed by atoms with van der Waals surface area (Å²) in [5.41, 5.74) is 34.1. The summed E-state index contributed by atoms with van der Waals surface area (Å²) in [4.78, 5) is 12.8. The van der Waals surface area contributed by atoms with E-state index in [0.29, 0.717) is 0 Å². The van der Waals surface area contributed by atoms with E-state index in [1.807, 2.05) is 0 Å². The van der Waals surface area contributed by atoms with E-state index < -0.39 is 0 Å². The molecule has 0 aliphatic carbocycles. The van der Waals surface area contributed by atoms with Gasteiger partial charge in [-0.25, -0.2) is 0 Å². The molecule has 0 fully saturated rings. The van der Waals surface area contributed by atoms with E-state index in [2.05, 4.69) is 443 Å². The van der Waals surface area contributed by atoms with Gasteiger partial charge in [0.05, 0.1) is 0 Å². The molecule has 0 radical (unpaired) electrons. The molecule has 0 atom stereocenters. The zero-order valence-corrected chi connectivity index (χ0v) is 62.8. The van der Waals surface area contributed by atoms with E-state index in [1.165, 1.54) is 103 Å². The summed E-state index contributed by atoms with van der Waals surface area (Å²) in [6, 6.07) is 156. The summed E-state index contributed by atoms with van der Waals surface area (Å²) in [5, 5.41) is 4.94. The molecule has 0 spiro atoms. The predicted octanol–water partition coefficient (Wildman–Crippen LogP) is 22.0. The second-order valence-electron chi connectivity index (χ2n) is 29.3. The third-order valence-electron chi connectivity index (χ3n) is 23.2. The van der Waals surface area contributed by atoms with Crippen molar-refractivity contribution in [1.29, 1.82) is 0 Å². The third-order valence-corrected chi connectivity index (χ3v) is 25.6. The average molecular weight is 1490 g/mol. The van der Waals surface area contributed by atoms with Crippen molar-refractivity contribution < 1.29 is 0 Å². The topological polar surface area (TPSA) is 16.2 Å². The Bertz CT molecular complexity index is 6510. The number of para-hydroxylation sites is 8. The fourth-order valence-electron chi connectivity index (χ4n) is 18.6. The van der Waals surface area contributed by atoms with Crippen LogP contribution < -0.4 is 66.2 Å².